The standard InChI is InChI=1S/C28H33N5O3/c1-18(2)14-23(27(35)31-28(17-29)8-9-28)30-26(34)19-4-6-21-22-16-20(33-12-10-32(3)11-13-33)5-7-24(22)36-25(21)15-19/h4-7,15-16,18,23H,8-14H2,1-3H3,(H,30,34)(H,31,35)/t23-/m0/s1. The lowest BCUT2D eigenvalue weighted by Gasteiger charge is -2.34. The summed E-state index contributed by atoms with van der Waals surface area (Å²) in [4.78, 5) is 30.7. The first-order valence-electron chi connectivity index (χ1n) is 12.7. The van der Waals surface area contributed by atoms with Crippen LogP contribution in [0.3, 0.4) is 0 Å². The SMILES string of the molecule is CC(C)C[C@H](NC(=O)c1ccc2c(c1)oc1ccc(N3CCN(C)CC3)cc12)C(=O)NC1(C#N)CC1. The highest BCUT2D eigenvalue weighted by atomic mass is 16.3. The molecule has 0 unspecified atom stereocenters. The summed E-state index contributed by atoms with van der Waals surface area (Å²) in [5.41, 5.74) is 2.26. The average Bonchev–Trinajstić information content (AvgIpc) is 3.54. The number of amides is 2. The van der Waals surface area contributed by atoms with Crippen LogP contribution in [0.4, 0.5) is 5.69 Å². The van der Waals surface area contributed by atoms with Gasteiger partial charge in [-0.2, -0.15) is 5.26 Å². The summed E-state index contributed by atoms with van der Waals surface area (Å²) in [5.74, 6) is -0.443. The third kappa shape index (κ3) is 4.89. The summed E-state index contributed by atoms with van der Waals surface area (Å²) >= 11 is 0. The predicted octanol–water partition coefficient (Wildman–Crippen LogP) is 3.65. The molecule has 1 aliphatic carbocycles. The molecule has 2 amide bonds. The Kier molecular flexibility index (Phi) is 6.35. The van der Waals surface area contributed by atoms with Crippen LogP contribution in [0.2, 0.25) is 0 Å². The quantitative estimate of drug-likeness (QED) is 0.528. The van der Waals surface area contributed by atoms with Crippen molar-refractivity contribution in [3.63, 3.8) is 0 Å². The van der Waals surface area contributed by atoms with E-state index in [-0.39, 0.29) is 17.7 Å². The number of benzene rings is 2. The van der Waals surface area contributed by atoms with E-state index in [9.17, 15) is 14.9 Å². The molecule has 2 fully saturated rings. The highest BCUT2D eigenvalue weighted by Crippen LogP contribution is 2.35. The largest absolute Gasteiger partial charge is 0.456 e. The third-order valence-corrected chi connectivity index (χ3v) is 7.24. The Morgan fingerprint density at radius 1 is 1.06 bits per heavy atom. The molecule has 1 aliphatic heterocycles. The molecule has 2 aromatic carbocycles. The minimum atomic E-state index is -0.771. The fourth-order valence-electron chi connectivity index (χ4n) is 4.82. The van der Waals surface area contributed by atoms with Gasteiger partial charge in [0, 0.05) is 48.2 Å². The van der Waals surface area contributed by atoms with Crippen LogP contribution in [0.25, 0.3) is 21.9 Å². The molecule has 8 heteroatoms. The lowest BCUT2D eigenvalue weighted by atomic mass is 10.0. The highest BCUT2D eigenvalue weighted by molar-refractivity contribution is 6.08. The summed E-state index contributed by atoms with van der Waals surface area (Å²) in [5, 5.41) is 17.0. The van der Waals surface area contributed by atoms with Crippen LogP contribution < -0.4 is 15.5 Å². The fourth-order valence-corrected chi connectivity index (χ4v) is 4.82. The Morgan fingerprint density at radius 2 is 1.81 bits per heavy atom. The van der Waals surface area contributed by atoms with Gasteiger partial charge < -0.3 is 24.9 Å². The number of nitriles is 1. The molecule has 1 aromatic heterocycles. The van der Waals surface area contributed by atoms with Gasteiger partial charge in [0.25, 0.3) is 5.91 Å². The monoisotopic (exact) mass is 487 g/mol. The highest BCUT2D eigenvalue weighted by Gasteiger charge is 2.45. The summed E-state index contributed by atoms with van der Waals surface area (Å²) in [6.07, 6.45) is 1.79. The molecule has 2 aliphatic rings. The third-order valence-electron chi connectivity index (χ3n) is 7.24. The van der Waals surface area contributed by atoms with Gasteiger partial charge >= 0.3 is 0 Å². The van der Waals surface area contributed by atoms with E-state index in [1.54, 1.807) is 12.1 Å². The van der Waals surface area contributed by atoms with Gasteiger partial charge in [0.2, 0.25) is 5.91 Å². The number of likely N-dealkylation sites (N-methyl/N-ethyl adjacent to an activating group) is 1. The van der Waals surface area contributed by atoms with E-state index in [1.165, 1.54) is 5.69 Å². The van der Waals surface area contributed by atoms with Crippen molar-refractivity contribution in [2.45, 2.75) is 44.7 Å². The fraction of sp³-hybridized carbons (Fsp3) is 0.464. The molecule has 1 saturated carbocycles. The number of carbonyl (C=O) groups is 2. The summed E-state index contributed by atoms with van der Waals surface area (Å²) in [6, 6.07) is 13.1. The average molecular weight is 488 g/mol. The Hall–Kier alpha value is -3.57. The summed E-state index contributed by atoms with van der Waals surface area (Å²) < 4.78 is 6.09. The number of rotatable bonds is 7. The molecule has 0 radical (unpaired) electrons. The molecule has 36 heavy (non-hydrogen) atoms. The van der Waals surface area contributed by atoms with Gasteiger partial charge in [-0.1, -0.05) is 13.8 Å². The Morgan fingerprint density at radius 3 is 2.47 bits per heavy atom. The molecular weight excluding hydrogens is 454 g/mol. The number of piperazine rings is 1. The van der Waals surface area contributed by atoms with E-state index in [4.69, 9.17) is 4.42 Å². The van der Waals surface area contributed by atoms with Crippen LogP contribution in [-0.4, -0.2) is 61.5 Å². The molecule has 1 saturated heterocycles. The van der Waals surface area contributed by atoms with Crippen molar-refractivity contribution in [2.24, 2.45) is 5.92 Å². The molecule has 188 valence electrons. The topological polar surface area (TPSA) is 102 Å². The van der Waals surface area contributed by atoms with Gasteiger partial charge in [-0.05, 0) is 68.6 Å². The van der Waals surface area contributed by atoms with E-state index >= 15 is 0 Å². The first kappa shape index (κ1) is 24.1. The summed E-state index contributed by atoms with van der Waals surface area (Å²) in [6.45, 7) is 8.05. The molecule has 1 atom stereocenters. The van der Waals surface area contributed by atoms with Gasteiger partial charge in [-0.25, -0.2) is 0 Å². The molecule has 5 rings (SSSR count). The predicted molar refractivity (Wildman–Crippen MR) is 140 cm³/mol. The zero-order valence-electron chi connectivity index (χ0n) is 21.1. The zero-order chi connectivity index (χ0) is 25.4. The van der Waals surface area contributed by atoms with Gasteiger partial charge in [0.1, 0.15) is 22.7 Å². The van der Waals surface area contributed by atoms with Crippen molar-refractivity contribution in [1.29, 1.82) is 5.26 Å². The van der Waals surface area contributed by atoms with Gasteiger partial charge in [0.15, 0.2) is 0 Å². The van der Waals surface area contributed by atoms with Crippen LogP contribution in [0.15, 0.2) is 40.8 Å². The molecule has 2 N–H and O–H groups in total. The first-order valence-corrected chi connectivity index (χ1v) is 12.7. The van der Waals surface area contributed by atoms with E-state index < -0.39 is 11.6 Å². The number of hydrogen-bond donors (Lipinski definition) is 2. The van der Waals surface area contributed by atoms with E-state index in [2.05, 4.69) is 45.7 Å². The van der Waals surface area contributed by atoms with Crippen LogP contribution in [0.5, 0.6) is 0 Å². The maximum atomic E-state index is 13.1. The van der Waals surface area contributed by atoms with Crippen LogP contribution in [-0.2, 0) is 4.79 Å². The van der Waals surface area contributed by atoms with E-state index in [0.717, 1.165) is 42.5 Å². The summed E-state index contributed by atoms with van der Waals surface area (Å²) in [7, 11) is 2.14. The normalized spacial score (nSPS) is 18.2. The van der Waals surface area contributed by atoms with Crippen LogP contribution in [0, 0.1) is 17.2 Å². The lowest BCUT2D eigenvalue weighted by Crippen LogP contribution is -2.50. The van der Waals surface area contributed by atoms with Crippen molar-refractivity contribution < 1.29 is 14.0 Å². The minimum Gasteiger partial charge on any atom is -0.456 e. The lowest BCUT2D eigenvalue weighted by molar-refractivity contribution is -0.123. The van der Waals surface area contributed by atoms with Crippen molar-refractivity contribution in [2.75, 3.05) is 38.1 Å². The zero-order valence-corrected chi connectivity index (χ0v) is 21.1. The number of carbonyl (C=O) groups excluding carboxylic acids is 2. The van der Waals surface area contributed by atoms with Crippen molar-refractivity contribution in [3.05, 3.63) is 42.0 Å². The van der Waals surface area contributed by atoms with E-state index in [0.29, 0.717) is 30.4 Å². The Bertz CT molecular complexity index is 1340. The van der Waals surface area contributed by atoms with Crippen molar-refractivity contribution in [3.8, 4) is 6.07 Å². The number of nitrogens with zero attached hydrogens (tertiary/aromatic N) is 3. The molecule has 2 heterocycles. The first-order chi connectivity index (χ1) is 17.3. The molecular formula is C28H33N5O3. The second kappa shape index (κ2) is 9.47. The number of anilines is 1. The van der Waals surface area contributed by atoms with Crippen molar-refractivity contribution >= 4 is 39.4 Å². The smallest absolute Gasteiger partial charge is 0.252 e. The van der Waals surface area contributed by atoms with Gasteiger partial charge in [0.05, 0.1) is 6.07 Å². The van der Waals surface area contributed by atoms with Crippen LogP contribution >= 0.6 is 0 Å². The van der Waals surface area contributed by atoms with Crippen LogP contribution in [0.1, 0.15) is 43.5 Å². The maximum absolute atomic E-state index is 13.1. The second-order valence-corrected chi connectivity index (χ2v) is 10.6. The number of furan rings is 1. The molecule has 0 spiro atoms. The minimum absolute atomic E-state index is 0.200. The van der Waals surface area contributed by atoms with Gasteiger partial charge in [-0.3, -0.25) is 9.59 Å². The maximum Gasteiger partial charge on any atom is 0.252 e. The molecule has 3 aromatic rings. The number of fused-ring (bicyclic) bond motifs is 3. The van der Waals surface area contributed by atoms with E-state index in [1.807, 2.05) is 26.0 Å². The van der Waals surface area contributed by atoms with Gasteiger partial charge in [-0.15, -0.1) is 0 Å². The number of hydrogen-bond acceptors (Lipinski definition) is 6. The Labute approximate surface area is 211 Å². The molecule has 8 nitrogen and oxygen atoms in total. The number of nitrogens with one attached hydrogen (secondary N) is 2. The second-order valence-electron chi connectivity index (χ2n) is 10.6. The molecule has 0 bridgehead atoms. The van der Waals surface area contributed by atoms with Crippen molar-refractivity contribution in [1.82, 2.24) is 15.5 Å². The Balaban J connectivity index is 1.36.